The van der Waals surface area contributed by atoms with E-state index >= 15 is 0 Å². The molecule has 1 unspecified atom stereocenters. The van der Waals surface area contributed by atoms with Crippen molar-refractivity contribution < 1.29 is 110 Å². The highest BCUT2D eigenvalue weighted by atomic mass is 32.3. The molecule has 4 aromatic carbocycles. The number of benzene rings is 4. The molecule has 2 saturated carbocycles. The molecule has 764 valence electrons. The molecule has 46 heteroatoms. The van der Waals surface area contributed by atoms with Gasteiger partial charge in [0.1, 0.15) is 20.1 Å². The lowest BCUT2D eigenvalue weighted by molar-refractivity contribution is 0.107. The van der Waals surface area contributed by atoms with Gasteiger partial charge in [-0.05, 0) is 190 Å². The van der Waals surface area contributed by atoms with Gasteiger partial charge in [-0.15, -0.1) is 22.7 Å². The predicted molar refractivity (Wildman–Crippen MR) is 530 cm³/mol. The molecule has 10 fully saturated rings. The van der Waals surface area contributed by atoms with Gasteiger partial charge < -0.3 is 21.3 Å². The number of rotatable bonds is 25. The molecule has 0 amide bonds. The molecule has 17 atom stereocenters. The number of likely N-dealkylation sites (tertiary alicyclic amines) is 2. The molecule has 2 aliphatic carbocycles. The lowest BCUT2D eigenvalue weighted by Crippen LogP contribution is -2.51. The van der Waals surface area contributed by atoms with E-state index in [9.17, 15) is 110 Å². The molecule has 8 saturated heterocycles. The van der Waals surface area contributed by atoms with Crippen LogP contribution in [-0.4, -0.2) is 298 Å². The normalized spacial score (nSPS) is 29.8. The summed E-state index contributed by atoms with van der Waals surface area (Å²) < 4.78 is 325. The van der Waals surface area contributed by atoms with Gasteiger partial charge in [-0.25, -0.2) is 110 Å². The van der Waals surface area contributed by atoms with Gasteiger partial charge in [0.25, 0.3) is 0 Å². The zero-order valence-electron chi connectivity index (χ0n) is 77.8. The summed E-state index contributed by atoms with van der Waals surface area (Å²) in [5, 5.41) is 10.7. The Morgan fingerprint density at radius 2 is 0.647 bits per heavy atom. The first-order valence-corrected chi connectivity index (χ1v) is 68.2. The highest BCUT2D eigenvalue weighted by Crippen LogP contribution is 2.39. The highest BCUT2D eigenvalue weighted by molar-refractivity contribution is 7.99. The van der Waals surface area contributed by atoms with E-state index in [4.69, 9.17) is 0 Å². The van der Waals surface area contributed by atoms with Crippen molar-refractivity contribution in [2.45, 2.75) is 253 Å². The first-order valence-electron chi connectivity index (χ1n) is 46.3. The van der Waals surface area contributed by atoms with Crippen molar-refractivity contribution in [3.63, 3.8) is 0 Å². The smallest absolute Gasteiger partial charge is 0.193 e. The average molecular weight is 2170 g/mol. The van der Waals surface area contributed by atoms with Crippen LogP contribution in [0.4, 0.5) is 8.78 Å². The Morgan fingerprint density at radius 1 is 0.353 bits per heavy atom. The van der Waals surface area contributed by atoms with Gasteiger partial charge in [0.15, 0.2) is 118 Å². The number of thiophene rings is 2. The van der Waals surface area contributed by atoms with Gasteiger partial charge in [0.05, 0.1) is 120 Å². The zero-order valence-corrected chi connectivity index (χ0v) is 89.2. The SMILES string of the molecule is CC(C)CCN[C@H]1CS(=O)(=O)C[C@@H]1S(=O)(=O)c1cccs1.CCC(C)N[C@H]1CS(=O)(=O)C[C@@H]1S(=O)(=O)c1ccc(F)cc1.C[C@@H]1C[C@H](C)CN([C@H]2CS(=O)(=O)C[C@@H]2S(=O)(=O)c2ccccc2)C1.C[C@@H]1C[C@H](C)CN([C@H]2CS(=O)(=O)C[C@@H]2S(=O)(=O)c2cccs2)C1.O=S1(=O)C[C@H](NC2CCCC2)[C@@H](S(=O)(=O)c2ccc(F)cc2)C1.O=S1(=O)C[C@H](NC2CCCCC2)[C@@H](S(=O)(=O)c2ccccc2)C1. The molecule has 0 spiro atoms. The maximum atomic E-state index is 13.0. The molecule has 10 aliphatic rings. The van der Waals surface area contributed by atoms with E-state index in [2.05, 4.69) is 72.6 Å². The molecular weight excluding hydrogens is 2040 g/mol. The molecule has 2 aromatic heterocycles. The molecule has 8 aliphatic heterocycles. The Hall–Kier alpha value is -4.70. The minimum absolute atomic E-state index is 0.0178. The summed E-state index contributed by atoms with van der Waals surface area (Å²) in [4.78, 5) is 4.56. The Balaban J connectivity index is 0.000000157. The molecular formula is C90H132F2N6O24S14. The number of hydrogen-bond donors (Lipinski definition) is 4. The van der Waals surface area contributed by atoms with E-state index in [0.29, 0.717) is 36.1 Å². The van der Waals surface area contributed by atoms with Crippen LogP contribution < -0.4 is 21.3 Å². The van der Waals surface area contributed by atoms with E-state index in [-0.39, 0.29) is 109 Å². The third-order valence-electron chi connectivity index (χ3n) is 26.9. The number of hydrogen-bond acceptors (Lipinski definition) is 32. The van der Waals surface area contributed by atoms with Crippen molar-refractivity contribution >= 4 is 141 Å². The van der Waals surface area contributed by atoms with Crippen LogP contribution in [-0.2, 0) is 118 Å². The van der Waals surface area contributed by atoms with Crippen molar-refractivity contribution in [1.29, 1.82) is 0 Å². The van der Waals surface area contributed by atoms with Crippen molar-refractivity contribution in [3.05, 3.63) is 156 Å². The molecule has 6 aromatic rings. The van der Waals surface area contributed by atoms with Gasteiger partial charge in [-0.2, -0.15) is 0 Å². The van der Waals surface area contributed by atoms with E-state index in [0.717, 1.165) is 139 Å². The quantitative estimate of drug-likeness (QED) is 0.0389. The van der Waals surface area contributed by atoms with Gasteiger partial charge >= 0.3 is 0 Å². The summed E-state index contributed by atoms with van der Waals surface area (Å²) in [5.74, 6) is -1.22. The Labute approximate surface area is 814 Å². The maximum absolute atomic E-state index is 13.0. The van der Waals surface area contributed by atoms with Crippen LogP contribution in [0.1, 0.15) is 139 Å². The lowest BCUT2D eigenvalue weighted by atomic mass is 9.90. The minimum Gasteiger partial charge on any atom is -0.312 e. The average Bonchev–Trinajstić information content (AvgIpc) is 1.60. The summed E-state index contributed by atoms with van der Waals surface area (Å²) in [6.07, 6.45) is 13.3. The van der Waals surface area contributed by atoms with E-state index < -0.39 is 203 Å². The Kier molecular flexibility index (Phi) is 37.9. The number of piperidine rings is 2. The molecule has 16 rings (SSSR count). The first kappa shape index (κ1) is 112. The number of nitrogens with one attached hydrogen (secondary N) is 4. The van der Waals surface area contributed by atoms with Crippen LogP contribution in [0.5, 0.6) is 0 Å². The van der Waals surface area contributed by atoms with E-state index in [1.165, 1.54) is 60.2 Å². The minimum atomic E-state index is -3.84. The molecule has 4 N–H and O–H groups in total. The van der Waals surface area contributed by atoms with E-state index in [1.54, 1.807) is 77.5 Å². The van der Waals surface area contributed by atoms with Gasteiger partial charge in [-0.1, -0.05) is 129 Å². The summed E-state index contributed by atoms with van der Waals surface area (Å²) >= 11 is 2.30. The standard InChI is InChI=1S/C17H25NO4S2.C16H23NO4S2.C15H20FNO4S2.C15H23NO4S3.C14H20FNO4S2.C13H21NO4S3/c1-13-8-14(2)10-18(9-13)16-11-23(19,20)12-17(16)24(21,22)15-6-4-3-5-7-15;18-22(19)11-15(17-13-7-3-1-4-8-13)16(12-22)23(20,21)14-9-5-2-6-10-14;16-11-5-7-13(8-6-11)23(20,21)15-10-22(18,19)9-14(15)17-12-3-1-2-4-12;1-11-6-12(2)8-16(7-11)13-9-22(17,18)10-14(13)23(19,20)15-4-3-5-21-15;1-3-10(2)16-13-8-21(17,18)9-14(13)22(19,20)12-6-4-11(15)5-7-12;1-10(2)5-6-14-11-8-20(15,16)9-12(11)21(17,18)13-4-3-7-19-13/h3-7,13-14,16-17H,8-12H2,1-2H3;2,5-6,9-10,13,15-17H,1,3-4,7-8,11-12H2;5-8,12,14-15,17H,1-4,9-10H2;3-5,11-14H,6-10H2,1-2H3;4-7,10,13-14,16H,3,8-9H2,1-2H3;3-4,7,10-12,14H,5-6,8-9H2,1-2H3/t13-,14+,16-,17-;15-,16-;14-,15-;11-,12+,13-,14-;10?,13-,14-;11-,12-/m000000/s1. The third kappa shape index (κ3) is 29.6. The Morgan fingerprint density at radius 3 is 0.993 bits per heavy atom. The second-order valence-corrected chi connectivity index (χ2v) is 67.3. The van der Waals surface area contributed by atoms with Crippen LogP contribution in [0.15, 0.2) is 172 Å². The third-order valence-corrected chi connectivity index (χ3v) is 54.7. The van der Waals surface area contributed by atoms with Crippen LogP contribution >= 0.6 is 22.7 Å². The zero-order chi connectivity index (χ0) is 99.7. The van der Waals surface area contributed by atoms with Crippen molar-refractivity contribution in [2.24, 2.45) is 29.6 Å². The number of nitrogens with zero attached hydrogens (tertiary/aromatic N) is 2. The van der Waals surface area contributed by atoms with Crippen molar-refractivity contribution in [3.8, 4) is 0 Å². The number of sulfone groups is 12. The van der Waals surface area contributed by atoms with Gasteiger partial charge in [-0.3, -0.25) is 9.80 Å². The van der Waals surface area contributed by atoms with E-state index in [1.807, 2.05) is 13.8 Å². The summed E-state index contributed by atoms with van der Waals surface area (Å²) in [7, 11) is -42.3. The molecule has 30 nitrogen and oxygen atoms in total. The summed E-state index contributed by atoms with van der Waals surface area (Å²) in [6.45, 7) is 20.3. The molecule has 136 heavy (non-hydrogen) atoms. The molecule has 0 bridgehead atoms. The second kappa shape index (κ2) is 46.1. The molecule has 10 heterocycles. The van der Waals surface area contributed by atoms with Crippen LogP contribution in [0.25, 0.3) is 0 Å². The predicted octanol–water partition coefficient (Wildman–Crippen LogP) is 8.59. The van der Waals surface area contributed by atoms with Crippen LogP contribution in [0, 0.1) is 41.2 Å². The largest absolute Gasteiger partial charge is 0.312 e. The fourth-order valence-electron chi connectivity index (χ4n) is 20.3. The monoisotopic (exact) mass is 2170 g/mol. The second-order valence-electron chi connectivity index (χ2n) is 39.0. The highest BCUT2D eigenvalue weighted by Gasteiger charge is 2.54. The summed E-state index contributed by atoms with van der Waals surface area (Å²) in [5.41, 5.74) is 0. The topological polar surface area (TPSA) is 464 Å². The van der Waals surface area contributed by atoms with Crippen LogP contribution in [0.2, 0.25) is 0 Å². The lowest BCUT2D eigenvalue weighted by Gasteiger charge is -2.40. The molecule has 0 radical (unpaired) electrons. The number of halogens is 2. The van der Waals surface area contributed by atoms with Crippen LogP contribution in [0.3, 0.4) is 0 Å². The van der Waals surface area contributed by atoms with Gasteiger partial charge in [0.2, 0.25) is 0 Å². The first-order chi connectivity index (χ1) is 63.4. The Bertz CT molecular complexity index is 6440. The fraction of sp³-hybridized carbons (Fsp3) is 0.644. The summed E-state index contributed by atoms with van der Waals surface area (Å²) in [6, 6.07) is 29.2. The van der Waals surface area contributed by atoms with Gasteiger partial charge in [0, 0.05) is 80.6 Å². The van der Waals surface area contributed by atoms with Crippen molar-refractivity contribution in [1.82, 2.24) is 31.1 Å². The van der Waals surface area contributed by atoms with Crippen molar-refractivity contribution in [2.75, 3.05) is 102 Å². The fourth-order valence-corrected chi connectivity index (χ4v) is 51.2. The maximum Gasteiger partial charge on any atom is 0.193 e.